The second-order valence-electron chi connectivity index (χ2n) is 2.26. The van der Waals surface area contributed by atoms with Gasteiger partial charge in [-0.25, -0.2) is 4.98 Å². The van der Waals surface area contributed by atoms with Crippen LogP contribution in [0.15, 0.2) is 5.51 Å². The number of thioether (sulfide) groups is 1. The zero-order valence-electron chi connectivity index (χ0n) is 6.54. The fourth-order valence-electron chi connectivity index (χ4n) is 0.850. The molecule has 0 saturated carbocycles. The lowest BCUT2D eigenvalue weighted by Gasteiger charge is -1.95. The van der Waals surface area contributed by atoms with Gasteiger partial charge in [0, 0.05) is 0 Å². The van der Waals surface area contributed by atoms with Gasteiger partial charge < -0.3 is 5.73 Å². The summed E-state index contributed by atoms with van der Waals surface area (Å²) in [6.07, 6.45) is 4.32. The van der Waals surface area contributed by atoms with E-state index in [0.29, 0.717) is 0 Å². The number of hydrogen-bond acceptors (Lipinski definition) is 4. The third-order valence-corrected chi connectivity index (χ3v) is 2.83. The topological polar surface area (TPSA) is 38.9 Å². The minimum Gasteiger partial charge on any atom is -0.389 e. The lowest BCUT2D eigenvalue weighted by molar-refractivity contribution is 0.906. The van der Waals surface area contributed by atoms with Gasteiger partial charge >= 0.3 is 0 Å². The van der Waals surface area contributed by atoms with Gasteiger partial charge in [0.05, 0.1) is 11.2 Å². The van der Waals surface area contributed by atoms with Gasteiger partial charge in [0.25, 0.3) is 0 Å². The van der Waals surface area contributed by atoms with Gasteiger partial charge in [0.1, 0.15) is 5.00 Å². The second kappa shape index (κ2) is 4.62. The summed E-state index contributed by atoms with van der Waals surface area (Å²) in [5, 5.41) is 0.881. The molecule has 62 valence electrons. The molecule has 0 amide bonds. The van der Waals surface area contributed by atoms with Crippen molar-refractivity contribution in [2.24, 2.45) is 0 Å². The Bertz CT molecular complexity index is 210. The number of nitrogen functional groups attached to an aromatic ring is 1. The fraction of sp³-hybridized carbons (Fsp3) is 0.571. The molecule has 0 fully saturated rings. The van der Waals surface area contributed by atoms with Gasteiger partial charge in [0.2, 0.25) is 0 Å². The highest BCUT2D eigenvalue weighted by atomic mass is 32.2. The van der Waals surface area contributed by atoms with Crippen molar-refractivity contribution >= 4 is 28.1 Å². The summed E-state index contributed by atoms with van der Waals surface area (Å²) in [7, 11) is 0. The first-order chi connectivity index (χ1) is 5.34. The number of anilines is 1. The van der Waals surface area contributed by atoms with Crippen LogP contribution in [-0.2, 0) is 6.42 Å². The molecule has 11 heavy (non-hydrogen) atoms. The van der Waals surface area contributed by atoms with Crippen LogP contribution in [0.4, 0.5) is 5.00 Å². The van der Waals surface area contributed by atoms with Crippen LogP contribution >= 0.6 is 23.1 Å². The maximum absolute atomic E-state index is 5.67. The van der Waals surface area contributed by atoms with E-state index >= 15 is 0 Å². The van der Waals surface area contributed by atoms with E-state index in [1.54, 1.807) is 0 Å². The molecule has 1 heterocycles. The highest BCUT2D eigenvalue weighted by Gasteiger charge is 2.00. The van der Waals surface area contributed by atoms with Gasteiger partial charge in [-0.15, -0.1) is 11.3 Å². The number of nitrogens with two attached hydrogens (primary N) is 1. The summed E-state index contributed by atoms with van der Waals surface area (Å²) < 4.78 is 0. The molecule has 0 aliphatic heterocycles. The lowest BCUT2D eigenvalue weighted by Crippen LogP contribution is -1.92. The molecule has 1 aromatic rings. The molecule has 0 aliphatic carbocycles. The molecule has 0 unspecified atom stereocenters. The summed E-state index contributed by atoms with van der Waals surface area (Å²) in [4.78, 5) is 4.17. The van der Waals surface area contributed by atoms with Crippen molar-refractivity contribution in [1.82, 2.24) is 4.98 Å². The largest absolute Gasteiger partial charge is 0.389 e. The third kappa shape index (κ3) is 2.71. The van der Waals surface area contributed by atoms with Gasteiger partial charge in [-0.2, -0.15) is 11.8 Å². The SMILES string of the molecule is CSCCCc1ncsc1N. The Morgan fingerprint density at radius 2 is 2.55 bits per heavy atom. The van der Waals surface area contributed by atoms with Crippen molar-refractivity contribution < 1.29 is 0 Å². The van der Waals surface area contributed by atoms with Crippen LogP contribution in [0.25, 0.3) is 0 Å². The predicted molar refractivity (Wildman–Crippen MR) is 53.2 cm³/mol. The number of thiazole rings is 1. The van der Waals surface area contributed by atoms with Gasteiger partial charge in [-0.3, -0.25) is 0 Å². The smallest absolute Gasteiger partial charge is 0.109 e. The van der Waals surface area contributed by atoms with Crippen LogP contribution in [0.5, 0.6) is 0 Å². The first-order valence-corrected chi connectivity index (χ1v) is 5.78. The molecule has 0 spiro atoms. The van der Waals surface area contributed by atoms with E-state index in [-0.39, 0.29) is 0 Å². The average molecular weight is 188 g/mol. The van der Waals surface area contributed by atoms with Crippen LogP contribution in [0, 0.1) is 0 Å². The van der Waals surface area contributed by atoms with E-state index in [0.717, 1.165) is 17.1 Å². The number of aromatic nitrogens is 1. The minimum absolute atomic E-state index is 0.881. The number of rotatable bonds is 4. The lowest BCUT2D eigenvalue weighted by atomic mass is 10.3. The summed E-state index contributed by atoms with van der Waals surface area (Å²) in [6, 6.07) is 0. The van der Waals surface area contributed by atoms with E-state index in [4.69, 9.17) is 5.73 Å². The normalized spacial score (nSPS) is 10.3. The molecule has 1 rings (SSSR count). The van der Waals surface area contributed by atoms with Crippen LogP contribution in [0.2, 0.25) is 0 Å². The Morgan fingerprint density at radius 3 is 3.09 bits per heavy atom. The van der Waals surface area contributed by atoms with Crippen LogP contribution in [0.3, 0.4) is 0 Å². The molecule has 0 atom stereocenters. The molecule has 0 radical (unpaired) electrons. The second-order valence-corrected chi connectivity index (χ2v) is 4.13. The maximum atomic E-state index is 5.67. The Morgan fingerprint density at radius 1 is 1.73 bits per heavy atom. The molecule has 4 heteroatoms. The first kappa shape index (κ1) is 8.87. The van der Waals surface area contributed by atoms with Crippen LogP contribution in [-0.4, -0.2) is 17.0 Å². The Hall–Kier alpha value is -0.220. The van der Waals surface area contributed by atoms with Crippen molar-refractivity contribution in [3.05, 3.63) is 11.2 Å². The molecule has 0 aromatic carbocycles. The van der Waals surface area contributed by atoms with Gasteiger partial charge in [-0.05, 0) is 24.9 Å². The van der Waals surface area contributed by atoms with E-state index in [1.165, 1.54) is 23.5 Å². The summed E-state index contributed by atoms with van der Waals surface area (Å²) in [6.45, 7) is 0. The highest BCUT2D eigenvalue weighted by Crippen LogP contribution is 2.17. The van der Waals surface area contributed by atoms with Crippen LogP contribution < -0.4 is 5.73 Å². The Balaban J connectivity index is 2.32. The zero-order chi connectivity index (χ0) is 8.10. The van der Waals surface area contributed by atoms with Gasteiger partial charge in [-0.1, -0.05) is 0 Å². The number of nitrogens with zero attached hydrogens (tertiary/aromatic N) is 1. The summed E-state index contributed by atoms with van der Waals surface area (Å²) in [5.74, 6) is 1.19. The van der Waals surface area contributed by atoms with E-state index in [9.17, 15) is 0 Å². The van der Waals surface area contributed by atoms with Crippen molar-refractivity contribution in [1.29, 1.82) is 0 Å². The Labute approximate surface area is 75.2 Å². The molecule has 2 N–H and O–H groups in total. The average Bonchev–Trinajstić information content (AvgIpc) is 2.37. The summed E-state index contributed by atoms with van der Waals surface area (Å²) in [5.41, 5.74) is 8.55. The van der Waals surface area contributed by atoms with Crippen molar-refractivity contribution in [2.75, 3.05) is 17.7 Å². The van der Waals surface area contributed by atoms with E-state index < -0.39 is 0 Å². The molecule has 0 saturated heterocycles. The van der Waals surface area contributed by atoms with Crippen molar-refractivity contribution in [3.8, 4) is 0 Å². The monoisotopic (exact) mass is 188 g/mol. The fourth-order valence-corrected chi connectivity index (χ4v) is 1.87. The van der Waals surface area contributed by atoms with E-state index in [2.05, 4.69) is 11.2 Å². The maximum Gasteiger partial charge on any atom is 0.109 e. The number of hydrogen-bond donors (Lipinski definition) is 1. The first-order valence-electron chi connectivity index (χ1n) is 3.51. The summed E-state index contributed by atoms with van der Waals surface area (Å²) >= 11 is 3.39. The van der Waals surface area contributed by atoms with E-state index in [1.807, 2.05) is 17.3 Å². The molecule has 0 aliphatic rings. The minimum atomic E-state index is 0.881. The predicted octanol–water partition coefficient (Wildman–Crippen LogP) is 2.02. The molecule has 0 bridgehead atoms. The van der Waals surface area contributed by atoms with Crippen LogP contribution in [0.1, 0.15) is 12.1 Å². The zero-order valence-corrected chi connectivity index (χ0v) is 8.17. The Kier molecular flexibility index (Phi) is 3.72. The van der Waals surface area contributed by atoms with Gasteiger partial charge in [0.15, 0.2) is 0 Å². The standard InChI is InChI=1S/C7H12N2S2/c1-10-4-2-3-6-7(8)11-5-9-6/h5H,2-4,8H2,1H3. The molecular formula is C7H12N2S2. The quantitative estimate of drug-likeness (QED) is 0.735. The van der Waals surface area contributed by atoms with Crippen molar-refractivity contribution in [3.63, 3.8) is 0 Å². The molecular weight excluding hydrogens is 176 g/mol. The highest BCUT2D eigenvalue weighted by molar-refractivity contribution is 7.98. The third-order valence-electron chi connectivity index (χ3n) is 1.43. The number of aryl methyl sites for hydroxylation is 1. The molecule has 1 aromatic heterocycles. The molecule has 2 nitrogen and oxygen atoms in total. The van der Waals surface area contributed by atoms with Crippen molar-refractivity contribution in [2.45, 2.75) is 12.8 Å².